The van der Waals surface area contributed by atoms with Gasteiger partial charge in [-0.2, -0.15) is 0 Å². The smallest absolute Gasteiger partial charge is 0.162 e. The molecule has 0 aliphatic rings. The number of aromatic nitrogens is 2. The van der Waals surface area contributed by atoms with Crippen molar-refractivity contribution in [3.05, 3.63) is 39.5 Å². The Morgan fingerprint density at radius 3 is 2.52 bits per heavy atom. The second kappa shape index (κ2) is 7.03. The summed E-state index contributed by atoms with van der Waals surface area (Å²) in [6.07, 6.45) is 2.00. The van der Waals surface area contributed by atoms with Crippen molar-refractivity contribution in [1.29, 1.82) is 0 Å². The summed E-state index contributed by atoms with van der Waals surface area (Å²) in [6.45, 7) is 9.41. The topological polar surface area (TPSA) is 37.8 Å². The SMILES string of the molecule is CCCNc1nc(-c2ccc(Br)cc2C)nc(CC)c1C. The first-order chi connectivity index (χ1) is 10.1. The average Bonchev–Trinajstić information content (AvgIpc) is 2.46. The van der Waals surface area contributed by atoms with Gasteiger partial charge in [-0.1, -0.05) is 29.8 Å². The van der Waals surface area contributed by atoms with Gasteiger partial charge in [0.1, 0.15) is 5.82 Å². The predicted molar refractivity (Wildman–Crippen MR) is 92.8 cm³/mol. The number of halogens is 1. The number of benzene rings is 1. The fourth-order valence-corrected chi connectivity index (χ4v) is 2.80. The summed E-state index contributed by atoms with van der Waals surface area (Å²) in [5.41, 5.74) is 4.54. The van der Waals surface area contributed by atoms with E-state index in [1.54, 1.807) is 0 Å². The molecule has 0 fully saturated rings. The maximum absolute atomic E-state index is 4.75. The van der Waals surface area contributed by atoms with Crippen LogP contribution in [-0.2, 0) is 6.42 Å². The molecule has 0 radical (unpaired) electrons. The van der Waals surface area contributed by atoms with Crippen LogP contribution < -0.4 is 5.32 Å². The molecule has 1 aromatic heterocycles. The first-order valence-corrected chi connectivity index (χ1v) is 8.24. The number of nitrogens with zero attached hydrogens (tertiary/aromatic N) is 2. The minimum absolute atomic E-state index is 0.807. The molecule has 0 atom stereocenters. The first kappa shape index (κ1) is 16.0. The molecule has 1 heterocycles. The summed E-state index contributed by atoms with van der Waals surface area (Å²) in [4.78, 5) is 9.50. The van der Waals surface area contributed by atoms with Crippen molar-refractivity contribution in [3.63, 3.8) is 0 Å². The van der Waals surface area contributed by atoms with E-state index in [1.807, 2.05) is 6.07 Å². The number of anilines is 1. The number of hydrogen-bond acceptors (Lipinski definition) is 3. The van der Waals surface area contributed by atoms with E-state index in [0.717, 1.165) is 52.3 Å². The van der Waals surface area contributed by atoms with Crippen LogP contribution in [0.1, 0.15) is 37.1 Å². The zero-order valence-electron chi connectivity index (χ0n) is 13.1. The summed E-state index contributed by atoms with van der Waals surface area (Å²) in [5.74, 6) is 1.77. The molecule has 0 spiro atoms. The van der Waals surface area contributed by atoms with Crippen LogP contribution in [0, 0.1) is 13.8 Å². The molecule has 0 unspecified atom stereocenters. The first-order valence-electron chi connectivity index (χ1n) is 7.44. The van der Waals surface area contributed by atoms with Gasteiger partial charge in [0.15, 0.2) is 5.82 Å². The molecule has 3 nitrogen and oxygen atoms in total. The van der Waals surface area contributed by atoms with Crippen molar-refractivity contribution in [2.24, 2.45) is 0 Å². The minimum atomic E-state index is 0.807. The van der Waals surface area contributed by atoms with Crippen molar-refractivity contribution < 1.29 is 0 Å². The lowest BCUT2D eigenvalue weighted by atomic mass is 10.1. The van der Waals surface area contributed by atoms with Crippen molar-refractivity contribution in [1.82, 2.24) is 9.97 Å². The fourth-order valence-electron chi connectivity index (χ4n) is 2.32. The highest BCUT2D eigenvalue weighted by Crippen LogP contribution is 2.26. The molecule has 0 saturated heterocycles. The number of rotatable bonds is 5. The van der Waals surface area contributed by atoms with Gasteiger partial charge in [0.2, 0.25) is 0 Å². The van der Waals surface area contributed by atoms with E-state index in [-0.39, 0.29) is 0 Å². The summed E-state index contributed by atoms with van der Waals surface area (Å²) in [7, 11) is 0. The third kappa shape index (κ3) is 3.62. The van der Waals surface area contributed by atoms with E-state index in [9.17, 15) is 0 Å². The van der Waals surface area contributed by atoms with Gasteiger partial charge in [-0.3, -0.25) is 0 Å². The van der Waals surface area contributed by atoms with Crippen LogP contribution in [0.2, 0.25) is 0 Å². The maximum Gasteiger partial charge on any atom is 0.162 e. The molecule has 0 bridgehead atoms. The molecular formula is C17H22BrN3. The highest BCUT2D eigenvalue weighted by Gasteiger charge is 2.12. The fraction of sp³-hybridized carbons (Fsp3) is 0.412. The molecule has 0 saturated carbocycles. The molecule has 2 rings (SSSR count). The lowest BCUT2D eigenvalue weighted by Crippen LogP contribution is -2.09. The van der Waals surface area contributed by atoms with E-state index >= 15 is 0 Å². The Morgan fingerprint density at radius 2 is 1.90 bits per heavy atom. The van der Waals surface area contributed by atoms with Gasteiger partial charge in [-0.15, -0.1) is 0 Å². The zero-order valence-corrected chi connectivity index (χ0v) is 14.7. The Balaban J connectivity index is 2.52. The lowest BCUT2D eigenvalue weighted by molar-refractivity contribution is 0.936. The van der Waals surface area contributed by atoms with Crippen molar-refractivity contribution >= 4 is 21.7 Å². The maximum atomic E-state index is 4.75. The lowest BCUT2D eigenvalue weighted by Gasteiger charge is -2.14. The molecule has 21 heavy (non-hydrogen) atoms. The van der Waals surface area contributed by atoms with Crippen molar-refractivity contribution in [2.75, 3.05) is 11.9 Å². The van der Waals surface area contributed by atoms with E-state index in [0.29, 0.717) is 0 Å². The number of hydrogen-bond donors (Lipinski definition) is 1. The largest absolute Gasteiger partial charge is 0.370 e. The second-order valence-corrected chi connectivity index (χ2v) is 6.12. The van der Waals surface area contributed by atoms with Gasteiger partial charge in [0.25, 0.3) is 0 Å². The van der Waals surface area contributed by atoms with Crippen molar-refractivity contribution in [3.8, 4) is 11.4 Å². The van der Waals surface area contributed by atoms with Gasteiger partial charge < -0.3 is 5.32 Å². The third-order valence-electron chi connectivity index (χ3n) is 3.55. The molecule has 0 aliphatic carbocycles. The van der Waals surface area contributed by atoms with Gasteiger partial charge in [0.05, 0.1) is 0 Å². The van der Waals surface area contributed by atoms with E-state index in [4.69, 9.17) is 9.97 Å². The van der Waals surface area contributed by atoms with Crippen molar-refractivity contribution in [2.45, 2.75) is 40.5 Å². The molecule has 1 N–H and O–H groups in total. The quantitative estimate of drug-likeness (QED) is 0.834. The molecule has 112 valence electrons. The Kier molecular flexibility index (Phi) is 5.34. The van der Waals surface area contributed by atoms with Gasteiger partial charge in [-0.05, 0) is 50.5 Å². The third-order valence-corrected chi connectivity index (χ3v) is 4.05. The summed E-state index contributed by atoms with van der Waals surface area (Å²) in [5, 5.41) is 3.42. The zero-order chi connectivity index (χ0) is 15.4. The molecule has 0 aliphatic heterocycles. The Labute approximate surface area is 135 Å². The Hall–Kier alpha value is -1.42. The van der Waals surface area contributed by atoms with Crippen LogP contribution in [0.3, 0.4) is 0 Å². The van der Waals surface area contributed by atoms with Crippen LogP contribution >= 0.6 is 15.9 Å². The molecule has 0 amide bonds. The highest BCUT2D eigenvalue weighted by molar-refractivity contribution is 9.10. The molecule has 4 heteroatoms. The van der Waals surface area contributed by atoms with Gasteiger partial charge in [-0.25, -0.2) is 9.97 Å². The van der Waals surface area contributed by atoms with E-state index < -0.39 is 0 Å². The number of aryl methyl sites for hydroxylation is 2. The van der Waals surface area contributed by atoms with Gasteiger partial charge >= 0.3 is 0 Å². The predicted octanol–water partition coefficient (Wildman–Crippen LogP) is 4.91. The van der Waals surface area contributed by atoms with Crippen LogP contribution in [0.15, 0.2) is 22.7 Å². The van der Waals surface area contributed by atoms with Crippen LogP contribution in [-0.4, -0.2) is 16.5 Å². The average molecular weight is 348 g/mol. The standard InChI is InChI=1S/C17H22BrN3/c1-5-9-19-16-12(4)15(6-2)20-17(21-16)14-8-7-13(18)10-11(14)3/h7-8,10H,5-6,9H2,1-4H3,(H,19,20,21). The molecule has 1 aromatic carbocycles. The molecular weight excluding hydrogens is 326 g/mol. The van der Waals surface area contributed by atoms with E-state index in [1.165, 1.54) is 5.56 Å². The van der Waals surface area contributed by atoms with Crippen LogP contribution in [0.5, 0.6) is 0 Å². The monoisotopic (exact) mass is 347 g/mol. The minimum Gasteiger partial charge on any atom is -0.370 e. The van der Waals surface area contributed by atoms with Crippen LogP contribution in [0.4, 0.5) is 5.82 Å². The highest BCUT2D eigenvalue weighted by atomic mass is 79.9. The van der Waals surface area contributed by atoms with Crippen LogP contribution in [0.25, 0.3) is 11.4 Å². The summed E-state index contributed by atoms with van der Waals surface area (Å²) >= 11 is 3.50. The second-order valence-electron chi connectivity index (χ2n) is 5.21. The summed E-state index contributed by atoms with van der Waals surface area (Å²) < 4.78 is 1.08. The summed E-state index contributed by atoms with van der Waals surface area (Å²) in [6, 6.07) is 6.22. The van der Waals surface area contributed by atoms with E-state index in [2.05, 4.69) is 61.1 Å². The Morgan fingerprint density at radius 1 is 1.14 bits per heavy atom. The Bertz CT molecular complexity index is 638. The number of nitrogens with one attached hydrogen (secondary N) is 1. The molecule has 2 aromatic rings. The van der Waals surface area contributed by atoms with Gasteiger partial charge in [0, 0.05) is 27.8 Å². The normalized spacial score (nSPS) is 10.7.